The Morgan fingerprint density at radius 1 is 0.929 bits per heavy atom. The number of nitrogens with one attached hydrogen (secondary N) is 4. The van der Waals surface area contributed by atoms with Gasteiger partial charge in [0.2, 0.25) is 5.95 Å². The van der Waals surface area contributed by atoms with Crippen molar-refractivity contribution in [3.63, 3.8) is 0 Å². The quantitative estimate of drug-likeness (QED) is 0.293. The number of H-pyrrole nitrogens is 2. The molecule has 5 N–H and O–H groups in total. The molecule has 0 radical (unpaired) electrons. The molecule has 0 fully saturated rings. The predicted molar refractivity (Wildman–Crippen MR) is 111 cm³/mol. The molecular weight excluding hydrogens is 352 g/mol. The minimum Gasteiger partial charge on any atom is -0.506 e. The van der Waals surface area contributed by atoms with E-state index >= 15 is 0 Å². The largest absolute Gasteiger partial charge is 0.506 e. The van der Waals surface area contributed by atoms with Crippen molar-refractivity contribution in [1.29, 1.82) is 0 Å². The fourth-order valence-corrected chi connectivity index (χ4v) is 3.29. The van der Waals surface area contributed by atoms with E-state index in [-0.39, 0.29) is 5.75 Å². The van der Waals surface area contributed by atoms with Crippen molar-refractivity contribution in [3.05, 3.63) is 72.7 Å². The maximum Gasteiger partial charge on any atom is 0.229 e. The van der Waals surface area contributed by atoms with Crippen LogP contribution in [0.4, 0.5) is 17.5 Å². The number of nitrogens with zero attached hydrogens (tertiary/aromatic N) is 2. The fourth-order valence-electron chi connectivity index (χ4n) is 3.29. The van der Waals surface area contributed by atoms with Gasteiger partial charge in [-0.05, 0) is 53.4 Å². The first kappa shape index (κ1) is 16.2. The third-order valence-corrected chi connectivity index (χ3v) is 4.70. The van der Waals surface area contributed by atoms with Crippen LogP contribution in [-0.4, -0.2) is 25.0 Å². The highest BCUT2D eigenvalue weighted by molar-refractivity contribution is 5.96. The van der Waals surface area contributed by atoms with Crippen molar-refractivity contribution in [2.75, 3.05) is 10.6 Å². The van der Waals surface area contributed by atoms with Crippen molar-refractivity contribution in [2.24, 2.45) is 0 Å². The molecule has 0 unspecified atom stereocenters. The summed E-state index contributed by atoms with van der Waals surface area (Å²) in [6, 6.07) is 15.5. The first-order chi connectivity index (χ1) is 13.8. The number of aromatic amines is 2. The Morgan fingerprint density at radius 3 is 2.75 bits per heavy atom. The average Bonchev–Trinajstić information content (AvgIpc) is 3.37. The summed E-state index contributed by atoms with van der Waals surface area (Å²) in [5.74, 6) is 1.26. The Morgan fingerprint density at radius 2 is 1.79 bits per heavy atom. The van der Waals surface area contributed by atoms with Crippen LogP contribution in [-0.2, 0) is 6.54 Å². The lowest BCUT2D eigenvalue weighted by Crippen LogP contribution is -2.04. The second-order valence-corrected chi connectivity index (χ2v) is 6.54. The van der Waals surface area contributed by atoms with Crippen LogP contribution in [0.5, 0.6) is 5.75 Å². The van der Waals surface area contributed by atoms with Crippen molar-refractivity contribution in [1.82, 2.24) is 19.9 Å². The smallest absolute Gasteiger partial charge is 0.229 e. The number of hydrogen-bond donors (Lipinski definition) is 5. The maximum absolute atomic E-state index is 10.2. The zero-order chi connectivity index (χ0) is 18.9. The summed E-state index contributed by atoms with van der Waals surface area (Å²) in [6.45, 7) is 0.649. The van der Waals surface area contributed by atoms with E-state index in [2.05, 4.69) is 54.8 Å². The van der Waals surface area contributed by atoms with E-state index in [1.165, 1.54) is 5.39 Å². The standard InChI is InChI=1S/C21H18N6O/c28-18-4-3-17-15(6-9-23-17)20(18)27-21-24-10-7-19(26-21)25-12-13-1-2-16-14(11-13)5-8-22-16/h1-11,22-23,28H,12H2,(H2,24,25,26,27). The van der Waals surface area contributed by atoms with Gasteiger partial charge in [0.05, 0.1) is 5.69 Å². The topological polar surface area (TPSA) is 102 Å². The molecule has 7 nitrogen and oxygen atoms in total. The molecule has 0 saturated heterocycles. The van der Waals surface area contributed by atoms with E-state index in [0.717, 1.165) is 22.0 Å². The van der Waals surface area contributed by atoms with Crippen LogP contribution >= 0.6 is 0 Å². The summed E-state index contributed by atoms with van der Waals surface area (Å²) in [4.78, 5) is 15.1. The van der Waals surface area contributed by atoms with Crippen LogP contribution in [0.2, 0.25) is 0 Å². The van der Waals surface area contributed by atoms with E-state index < -0.39 is 0 Å². The summed E-state index contributed by atoms with van der Waals surface area (Å²) >= 11 is 0. The Kier molecular flexibility index (Phi) is 3.83. The summed E-state index contributed by atoms with van der Waals surface area (Å²) in [6.07, 6.45) is 5.45. The van der Waals surface area contributed by atoms with Gasteiger partial charge in [0.1, 0.15) is 11.6 Å². The van der Waals surface area contributed by atoms with Crippen LogP contribution < -0.4 is 10.6 Å². The van der Waals surface area contributed by atoms with E-state index in [0.29, 0.717) is 24.0 Å². The van der Waals surface area contributed by atoms with Gasteiger partial charge in [0.25, 0.3) is 0 Å². The molecule has 0 saturated carbocycles. The van der Waals surface area contributed by atoms with Gasteiger partial charge in [-0.3, -0.25) is 0 Å². The average molecular weight is 370 g/mol. The van der Waals surface area contributed by atoms with Gasteiger partial charge in [-0.25, -0.2) is 4.98 Å². The summed E-state index contributed by atoms with van der Waals surface area (Å²) < 4.78 is 0. The van der Waals surface area contributed by atoms with Crippen molar-refractivity contribution in [2.45, 2.75) is 6.54 Å². The molecule has 5 aromatic rings. The van der Waals surface area contributed by atoms with Gasteiger partial charge in [-0.15, -0.1) is 0 Å². The SMILES string of the molecule is Oc1ccc2[nH]ccc2c1Nc1nccc(NCc2ccc3[nH]ccc3c2)n1. The lowest BCUT2D eigenvalue weighted by Gasteiger charge is -2.10. The molecule has 3 heterocycles. The monoisotopic (exact) mass is 370 g/mol. The van der Waals surface area contributed by atoms with Crippen molar-refractivity contribution >= 4 is 39.3 Å². The second kappa shape index (κ2) is 6.62. The third kappa shape index (κ3) is 2.99. The molecule has 0 bridgehead atoms. The Bertz CT molecular complexity index is 1270. The van der Waals surface area contributed by atoms with Gasteiger partial charge in [-0.1, -0.05) is 6.07 Å². The number of phenols is 1. The maximum atomic E-state index is 10.2. The molecular formula is C21H18N6O. The summed E-state index contributed by atoms with van der Waals surface area (Å²) in [5, 5.41) is 18.7. The number of aromatic hydroxyl groups is 1. The number of aromatic nitrogens is 4. The Labute approximate surface area is 160 Å². The molecule has 2 aromatic carbocycles. The van der Waals surface area contributed by atoms with E-state index in [1.54, 1.807) is 12.3 Å². The summed E-state index contributed by atoms with van der Waals surface area (Å²) in [5.41, 5.74) is 3.79. The zero-order valence-electron chi connectivity index (χ0n) is 14.9. The molecule has 0 spiro atoms. The molecule has 7 heteroatoms. The predicted octanol–water partition coefficient (Wildman–Crippen LogP) is 4.50. The molecule has 28 heavy (non-hydrogen) atoms. The highest BCUT2D eigenvalue weighted by atomic mass is 16.3. The van der Waals surface area contributed by atoms with Gasteiger partial charge in [0, 0.05) is 41.6 Å². The number of benzene rings is 2. The first-order valence-corrected chi connectivity index (χ1v) is 8.95. The Hall–Kier alpha value is -4.00. The van der Waals surface area contributed by atoms with Crippen LogP contribution in [0.3, 0.4) is 0 Å². The molecule has 0 amide bonds. The van der Waals surface area contributed by atoms with E-state index in [1.807, 2.05) is 30.6 Å². The minimum absolute atomic E-state index is 0.147. The zero-order valence-corrected chi connectivity index (χ0v) is 14.9. The van der Waals surface area contributed by atoms with Crippen LogP contribution in [0.1, 0.15) is 5.56 Å². The van der Waals surface area contributed by atoms with Gasteiger partial charge in [0.15, 0.2) is 0 Å². The lowest BCUT2D eigenvalue weighted by atomic mass is 10.1. The van der Waals surface area contributed by atoms with Crippen molar-refractivity contribution in [3.8, 4) is 5.75 Å². The molecule has 0 aliphatic carbocycles. The molecule has 3 aromatic heterocycles. The molecule has 5 rings (SSSR count). The van der Waals surface area contributed by atoms with Gasteiger partial charge in [-0.2, -0.15) is 4.98 Å². The highest BCUT2D eigenvalue weighted by Gasteiger charge is 2.10. The molecule has 138 valence electrons. The first-order valence-electron chi connectivity index (χ1n) is 8.95. The van der Waals surface area contributed by atoms with Gasteiger partial charge < -0.3 is 25.7 Å². The van der Waals surface area contributed by atoms with Crippen LogP contribution in [0, 0.1) is 0 Å². The summed E-state index contributed by atoms with van der Waals surface area (Å²) in [7, 11) is 0. The number of anilines is 3. The number of fused-ring (bicyclic) bond motifs is 2. The number of phenolic OH excluding ortho intramolecular Hbond substituents is 1. The molecule has 0 aliphatic rings. The fraction of sp³-hybridized carbons (Fsp3) is 0.0476. The van der Waals surface area contributed by atoms with Gasteiger partial charge >= 0.3 is 0 Å². The second-order valence-electron chi connectivity index (χ2n) is 6.54. The Balaban J connectivity index is 1.35. The molecule has 0 aliphatic heterocycles. The third-order valence-electron chi connectivity index (χ3n) is 4.70. The number of rotatable bonds is 5. The lowest BCUT2D eigenvalue weighted by molar-refractivity contribution is 0.478. The minimum atomic E-state index is 0.147. The molecule has 0 atom stereocenters. The van der Waals surface area contributed by atoms with E-state index in [9.17, 15) is 5.11 Å². The van der Waals surface area contributed by atoms with Crippen molar-refractivity contribution < 1.29 is 5.11 Å². The van der Waals surface area contributed by atoms with E-state index in [4.69, 9.17) is 0 Å². The normalized spacial score (nSPS) is 11.1. The van der Waals surface area contributed by atoms with Crippen LogP contribution in [0.15, 0.2) is 67.1 Å². The highest BCUT2D eigenvalue weighted by Crippen LogP contribution is 2.33. The number of hydrogen-bond acceptors (Lipinski definition) is 5. The van der Waals surface area contributed by atoms with Crippen LogP contribution in [0.25, 0.3) is 21.8 Å².